The van der Waals surface area contributed by atoms with Gasteiger partial charge in [0.1, 0.15) is 5.58 Å². The van der Waals surface area contributed by atoms with E-state index < -0.39 is 0 Å². The first-order valence-electron chi connectivity index (χ1n) is 13.5. The quantitative estimate of drug-likeness (QED) is 0.113. The minimum absolute atomic E-state index is 0. The van der Waals surface area contributed by atoms with Crippen LogP contribution in [0.4, 0.5) is 0 Å². The van der Waals surface area contributed by atoms with E-state index in [1.54, 1.807) is 0 Å². The van der Waals surface area contributed by atoms with Gasteiger partial charge in [-0.05, 0) is 71.1 Å². The standard InChI is InChI=1S/C30H28NO.C5H8O2.Ir/c1-17-10-11-19-16-31-27-20-8-7-9-23-24(20)25-22(30(5,6)26(27)21(19)14-17)13-12-18(28(25)32-23)15-29(2,3)4;1-4(6)3-5(2)7;/h7,9-14,16H,15H2,1-6H3;3,6H,1-2H3;/q-1;;/b;4-3-;. The van der Waals surface area contributed by atoms with Crippen molar-refractivity contribution in [2.75, 3.05) is 0 Å². The summed E-state index contributed by atoms with van der Waals surface area (Å²) in [5.74, 6) is -0.0625. The van der Waals surface area contributed by atoms with Gasteiger partial charge in [-0.1, -0.05) is 82.0 Å². The SMILES string of the molecule is CC(=O)/C=C(/C)O.Cc1ccc2cnc3c(c2c1)C(C)(C)c1ccc(CC(C)(C)C)c2oc4cc[c-]c-3c4c12.[Ir]. The number of fused-ring (bicyclic) bond motifs is 4. The van der Waals surface area contributed by atoms with E-state index in [9.17, 15) is 4.79 Å². The number of carbonyl (C=O) groups excluding carboxylic acids is 1. The Hall–Kier alpha value is -3.27. The van der Waals surface area contributed by atoms with Gasteiger partial charge in [-0.2, -0.15) is 0 Å². The summed E-state index contributed by atoms with van der Waals surface area (Å²) in [6, 6.07) is 18.8. The molecule has 4 nitrogen and oxygen atoms in total. The van der Waals surface area contributed by atoms with Gasteiger partial charge in [-0.25, -0.2) is 0 Å². The number of allylic oxidation sites excluding steroid dienone is 2. The third-order valence-electron chi connectivity index (χ3n) is 7.38. The molecule has 0 unspecified atom stereocenters. The van der Waals surface area contributed by atoms with Gasteiger partial charge in [0.2, 0.25) is 0 Å². The number of aromatic nitrogens is 1. The summed E-state index contributed by atoms with van der Waals surface area (Å²) in [7, 11) is 0. The Kier molecular flexibility index (Phi) is 7.88. The second-order valence-electron chi connectivity index (χ2n) is 12.5. The fourth-order valence-corrected chi connectivity index (χ4v) is 5.91. The van der Waals surface area contributed by atoms with Crippen LogP contribution in [-0.4, -0.2) is 15.9 Å². The Morgan fingerprint density at radius 1 is 1.10 bits per heavy atom. The number of aliphatic hydroxyl groups is 1. The normalized spacial score (nSPS) is 13.9. The molecule has 2 heterocycles. The van der Waals surface area contributed by atoms with Crippen molar-refractivity contribution in [1.82, 2.24) is 4.98 Å². The predicted octanol–water partition coefficient (Wildman–Crippen LogP) is 9.17. The van der Waals surface area contributed by atoms with Gasteiger partial charge in [0.05, 0.1) is 11.3 Å². The second kappa shape index (κ2) is 10.6. The summed E-state index contributed by atoms with van der Waals surface area (Å²) in [6.07, 6.45) is 4.14. The number of carbonyl (C=O) groups is 1. The molecule has 6 rings (SSSR count). The van der Waals surface area contributed by atoms with Crippen LogP contribution in [0.1, 0.15) is 70.7 Å². The van der Waals surface area contributed by atoms with Gasteiger partial charge < -0.3 is 14.5 Å². The predicted molar refractivity (Wildman–Crippen MR) is 160 cm³/mol. The van der Waals surface area contributed by atoms with Crippen molar-refractivity contribution in [2.24, 2.45) is 5.41 Å². The van der Waals surface area contributed by atoms with Gasteiger partial charge >= 0.3 is 0 Å². The van der Waals surface area contributed by atoms with Crippen LogP contribution >= 0.6 is 0 Å². The molecule has 1 radical (unpaired) electrons. The second-order valence-corrected chi connectivity index (χ2v) is 12.5. The molecule has 0 saturated carbocycles. The molecule has 0 amide bonds. The zero-order valence-corrected chi connectivity index (χ0v) is 26.8. The minimum atomic E-state index is -0.238. The molecule has 5 heteroatoms. The van der Waals surface area contributed by atoms with Crippen LogP contribution in [-0.2, 0) is 36.7 Å². The van der Waals surface area contributed by atoms with E-state index in [0.717, 1.165) is 34.2 Å². The van der Waals surface area contributed by atoms with Crippen LogP contribution in [0.3, 0.4) is 0 Å². The molecule has 0 aliphatic heterocycles. The molecule has 0 bridgehead atoms. The fraction of sp³-hybridized carbons (Fsp3) is 0.314. The van der Waals surface area contributed by atoms with Gasteiger partial charge in [-0.15, -0.1) is 17.7 Å². The molecule has 5 aromatic rings. The summed E-state index contributed by atoms with van der Waals surface area (Å²) in [4.78, 5) is 15.0. The van der Waals surface area contributed by atoms with E-state index in [4.69, 9.17) is 14.5 Å². The van der Waals surface area contributed by atoms with E-state index >= 15 is 0 Å². The van der Waals surface area contributed by atoms with E-state index in [-0.39, 0.29) is 42.5 Å². The van der Waals surface area contributed by atoms with Crippen molar-refractivity contribution in [1.29, 1.82) is 0 Å². The average Bonchev–Trinajstić information content (AvgIpc) is 3.18. The van der Waals surface area contributed by atoms with Crippen molar-refractivity contribution in [3.63, 3.8) is 0 Å². The molecular formula is C35H36IrNO3-. The number of pyridine rings is 1. The molecule has 1 aliphatic carbocycles. The maximum absolute atomic E-state index is 10.0. The monoisotopic (exact) mass is 711 g/mol. The number of rotatable bonds is 2. The summed E-state index contributed by atoms with van der Waals surface area (Å²) in [6.45, 7) is 16.5. The van der Waals surface area contributed by atoms with Gasteiger partial charge in [0.25, 0.3) is 0 Å². The number of benzene rings is 3. The van der Waals surface area contributed by atoms with Crippen molar-refractivity contribution in [3.8, 4) is 11.3 Å². The number of ketones is 1. The average molecular weight is 711 g/mol. The number of aliphatic hydroxyl groups excluding tert-OH is 1. The minimum Gasteiger partial charge on any atom is -0.512 e. The number of hydrogen-bond donors (Lipinski definition) is 1. The molecule has 0 atom stereocenters. The molecular weight excluding hydrogens is 675 g/mol. The van der Waals surface area contributed by atoms with E-state index in [0.29, 0.717) is 0 Å². The first-order valence-corrected chi connectivity index (χ1v) is 13.5. The van der Waals surface area contributed by atoms with Gasteiger partial charge in [0, 0.05) is 37.8 Å². The molecule has 0 saturated heterocycles. The molecule has 0 spiro atoms. The summed E-state index contributed by atoms with van der Waals surface area (Å²) in [5.41, 5.74) is 9.08. The summed E-state index contributed by atoms with van der Waals surface area (Å²) >= 11 is 0. The Morgan fingerprint density at radius 2 is 1.82 bits per heavy atom. The molecule has 1 N–H and O–H groups in total. The van der Waals surface area contributed by atoms with Crippen molar-refractivity contribution >= 4 is 38.5 Å². The van der Waals surface area contributed by atoms with Crippen molar-refractivity contribution in [3.05, 3.63) is 88.8 Å². The number of hydrogen-bond acceptors (Lipinski definition) is 4. The van der Waals surface area contributed by atoms with Crippen LogP contribution in [0.5, 0.6) is 0 Å². The Bertz CT molecular complexity index is 1800. The molecule has 1 aliphatic rings. The summed E-state index contributed by atoms with van der Waals surface area (Å²) in [5, 5.41) is 13.2. The molecule has 2 aromatic heterocycles. The van der Waals surface area contributed by atoms with E-state index in [1.807, 2.05) is 18.3 Å². The van der Waals surface area contributed by atoms with Gasteiger partial charge in [0.15, 0.2) is 5.78 Å². The maximum Gasteiger partial charge on any atom is 0.155 e. The maximum atomic E-state index is 10.0. The molecule has 3 aromatic carbocycles. The third kappa shape index (κ3) is 5.25. The molecule has 209 valence electrons. The van der Waals surface area contributed by atoms with Crippen LogP contribution in [0.15, 0.2) is 64.9 Å². The smallest absolute Gasteiger partial charge is 0.155 e. The topological polar surface area (TPSA) is 63.3 Å². The van der Waals surface area contributed by atoms with Crippen molar-refractivity contribution < 1.29 is 34.4 Å². The first-order chi connectivity index (χ1) is 18.3. The number of nitrogens with zero attached hydrogens (tertiary/aromatic N) is 1. The van der Waals surface area contributed by atoms with E-state index in [1.165, 1.54) is 58.3 Å². The summed E-state index contributed by atoms with van der Waals surface area (Å²) < 4.78 is 6.55. The first kappa shape index (κ1) is 29.7. The molecule has 40 heavy (non-hydrogen) atoms. The van der Waals surface area contributed by atoms with Crippen LogP contribution in [0.2, 0.25) is 0 Å². The van der Waals surface area contributed by atoms with Crippen LogP contribution in [0, 0.1) is 18.4 Å². The fourth-order valence-electron chi connectivity index (χ4n) is 5.91. The van der Waals surface area contributed by atoms with Crippen molar-refractivity contribution in [2.45, 2.75) is 67.2 Å². The zero-order valence-electron chi connectivity index (χ0n) is 24.4. The molecule has 0 fully saturated rings. The van der Waals surface area contributed by atoms with Gasteiger partial charge in [-0.3, -0.25) is 4.79 Å². The number of aryl methyl sites for hydroxylation is 1. The van der Waals surface area contributed by atoms with E-state index in [2.05, 4.69) is 77.9 Å². The zero-order chi connectivity index (χ0) is 28.3. The van der Waals surface area contributed by atoms with Crippen LogP contribution in [0.25, 0.3) is 44.0 Å². The number of furan rings is 1. The Morgan fingerprint density at radius 3 is 2.45 bits per heavy atom. The third-order valence-corrected chi connectivity index (χ3v) is 7.38. The Labute approximate surface area is 249 Å². The van der Waals surface area contributed by atoms with Crippen LogP contribution < -0.4 is 0 Å². The largest absolute Gasteiger partial charge is 0.512 e. The Balaban J connectivity index is 0.000000413.